The van der Waals surface area contributed by atoms with Crippen molar-refractivity contribution in [2.75, 3.05) is 5.32 Å². The largest absolute Gasteiger partial charge is 0.428 e. The monoisotopic (exact) mass is 310 g/mol. The van der Waals surface area contributed by atoms with Gasteiger partial charge in [0.25, 0.3) is 0 Å². The minimum absolute atomic E-state index is 0.386. The fourth-order valence-corrected chi connectivity index (χ4v) is 2.48. The van der Waals surface area contributed by atoms with E-state index in [1.54, 1.807) is 18.2 Å². The van der Waals surface area contributed by atoms with Crippen LogP contribution in [0, 0.1) is 0 Å². The molecule has 2 heterocycles. The second kappa shape index (κ2) is 6.08. The number of aromatic nitrogens is 3. The van der Waals surface area contributed by atoms with Gasteiger partial charge in [0, 0.05) is 19.0 Å². The molecule has 0 fully saturated rings. The average Bonchev–Trinajstić information content (AvgIpc) is 3.09. The molecule has 6 nitrogen and oxygen atoms in total. The molecule has 0 saturated heterocycles. The highest BCUT2D eigenvalue weighted by molar-refractivity contribution is 5.86. The SMILES string of the molecule is C=Cc1nc(Nc2nc3cc(C=O)ccc3n2C)oc1CCC. The molecule has 0 bridgehead atoms. The number of carbonyl (C=O) groups excluding carboxylic acids is 1. The van der Waals surface area contributed by atoms with Crippen molar-refractivity contribution in [3.63, 3.8) is 0 Å². The van der Waals surface area contributed by atoms with E-state index in [9.17, 15) is 4.79 Å². The van der Waals surface area contributed by atoms with Gasteiger partial charge in [-0.2, -0.15) is 4.98 Å². The fraction of sp³-hybridized carbons (Fsp3) is 0.235. The third kappa shape index (κ3) is 2.75. The van der Waals surface area contributed by atoms with E-state index in [0.717, 1.165) is 41.6 Å². The maximum absolute atomic E-state index is 10.9. The highest BCUT2D eigenvalue weighted by Gasteiger charge is 2.14. The molecule has 6 heteroatoms. The number of imidazole rings is 1. The second-order valence-corrected chi connectivity index (χ2v) is 5.27. The fourth-order valence-electron chi connectivity index (χ4n) is 2.48. The van der Waals surface area contributed by atoms with Crippen LogP contribution in [-0.2, 0) is 13.5 Å². The normalized spacial score (nSPS) is 10.9. The zero-order valence-corrected chi connectivity index (χ0v) is 13.2. The molecule has 0 aliphatic carbocycles. The zero-order chi connectivity index (χ0) is 16.4. The van der Waals surface area contributed by atoms with Crippen LogP contribution in [0.1, 0.15) is 35.2 Å². The molecule has 23 heavy (non-hydrogen) atoms. The van der Waals surface area contributed by atoms with Gasteiger partial charge in [-0.1, -0.05) is 13.5 Å². The van der Waals surface area contributed by atoms with E-state index in [0.29, 0.717) is 17.5 Å². The third-order valence-corrected chi connectivity index (χ3v) is 3.66. The van der Waals surface area contributed by atoms with Gasteiger partial charge in [0.2, 0.25) is 5.95 Å². The van der Waals surface area contributed by atoms with Crippen molar-refractivity contribution in [3.05, 3.63) is 41.8 Å². The van der Waals surface area contributed by atoms with Crippen LogP contribution in [0.25, 0.3) is 17.1 Å². The highest BCUT2D eigenvalue weighted by Crippen LogP contribution is 2.24. The van der Waals surface area contributed by atoms with Crippen molar-refractivity contribution in [3.8, 4) is 0 Å². The van der Waals surface area contributed by atoms with Gasteiger partial charge in [0.15, 0.2) is 0 Å². The summed E-state index contributed by atoms with van der Waals surface area (Å²) >= 11 is 0. The first-order valence-electron chi connectivity index (χ1n) is 7.47. The molecule has 118 valence electrons. The Morgan fingerprint density at radius 3 is 2.91 bits per heavy atom. The summed E-state index contributed by atoms with van der Waals surface area (Å²) in [5, 5.41) is 3.09. The topological polar surface area (TPSA) is 73.0 Å². The molecule has 0 saturated carbocycles. The van der Waals surface area contributed by atoms with Crippen LogP contribution in [0.4, 0.5) is 12.0 Å². The van der Waals surface area contributed by atoms with Gasteiger partial charge >= 0.3 is 6.01 Å². The Labute approximate surface area is 133 Å². The van der Waals surface area contributed by atoms with Crippen LogP contribution < -0.4 is 5.32 Å². The predicted molar refractivity (Wildman–Crippen MR) is 90.0 cm³/mol. The Morgan fingerprint density at radius 1 is 1.39 bits per heavy atom. The highest BCUT2D eigenvalue weighted by atomic mass is 16.4. The number of aryl methyl sites for hydroxylation is 2. The van der Waals surface area contributed by atoms with E-state index >= 15 is 0 Å². The number of carbonyl (C=O) groups is 1. The van der Waals surface area contributed by atoms with E-state index in [4.69, 9.17) is 4.42 Å². The van der Waals surface area contributed by atoms with Crippen molar-refractivity contribution in [1.82, 2.24) is 14.5 Å². The van der Waals surface area contributed by atoms with E-state index in [-0.39, 0.29) is 0 Å². The summed E-state index contributed by atoms with van der Waals surface area (Å²) in [7, 11) is 1.89. The number of nitrogens with zero attached hydrogens (tertiary/aromatic N) is 3. The van der Waals surface area contributed by atoms with E-state index in [1.165, 1.54) is 0 Å². The minimum Gasteiger partial charge on any atom is -0.428 e. The molecule has 3 rings (SSSR count). The maximum Gasteiger partial charge on any atom is 0.302 e. The molecular weight excluding hydrogens is 292 g/mol. The lowest BCUT2D eigenvalue weighted by Gasteiger charge is -2.01. The minimum atomic E-state index is 0.386. The van der Waals surface area contributed by atoms with E-state index < -0.39 is 0 Å². The maximum atomic E-state index is 10.9. The van der Waals surface area contributed by atoms with Crippen molar-refractivity contribution < 1.29 is 9.21 Å². The van der Waals surface area contributed by atoms with Gasteiger partial charge in [0.1, 0.15) is 17.7 Å². The number of anilines is 2. The van der Waals surface area contributed by atoms with Crippen LogP contribution in [-0.4, -0.2) is 20.8 Å². The Hall–Kier alpha value is -2.89. The smallest absolute Gasteiger partial charge is 0.302 e. The van der Waals surface area contributed by atoms with Gasteiger partial charge in [-0.25, -0.2) is 4.98 Å². The van der Waals surface area contributed by atoms with Crippen LogP contribution in [0.3, 0.4) is 0 Å². The zero-order valence-electron chi connectivity index (χ0n) is 13.2. The molecule has 0 radical (unpaired) electrons. The lowest BCUT2D eigenvalue weighted by atomic mass is 10.2. The molecule has 0 unspecified atom stereocenters. The summed E-state index contributed by atoms with van der Waals surface area (Å²) in [5.41, 5.74) is 3.00. The molecule has 0 aliphatic rings. The molecule has 2 aromatic heterocycles. The van der Waals surface area contributed by atoms with Gasteiger partial charge in [-0.05, 0) is 30.7 Å². The van der Waals surface area contributed by atoms with E-state index in [2.05, 4.69) is 28.8 Å². The molecule has 0 amide bonds. The number of aldehydes is 1. The molecule has 3 aromatic rings. The van der Waals surface area contributed by atoms with Crippen LogP contribution in [0.2, 0.25) is 0 Å². The van der Waals surface area contributed by atoms with Crippen molar-refractivity contribution in [1.29, 1.82) is 0 Å². The molecule has 0 aliphatic heterocycles. The van der Waals surface area contributed by atoms with Gasteiger partial charge in [-0.15, -0.1) is 0 Å². The van der Waals surface area contributed by atoms with Gasteiger partial charge in [0.05, 0.1) is 11.0 Å². The summed E-state index contributed by atoms with van der Waals surface area (Å²) in [6.07, 6.45) is 4.27. The van der Waals surface area contributed by atoms with Crippen LogP contribution in [0.5, 0.6) is 0 Å². The first-order valence-corrected chi connectivity index (χ1v) is 7.47. The molecule has 0 spiro atoms. The number of nitrogens with one attached hydrogen (secondary N) is 1. The van der Waals surface area contributed by atoms with Crippen molar-refractivity contribution in [2.24, 2.45) is 7.05 Å². The number of benzene rings is 1. The molecule has 0 atom stereocenters. The van der Waals surface area contributed by atoms with Crippen molar-refractivity contribution >= 4 is 35.4 Å². The molecule has 1 aromatic carbocycles. The lowest BCUT2D eigenvalue weighted by molar-refractivity contribution is 0.112. The van der Waals surface area contributed by atoms with Gasteiger partial charge in [-0.3, -0.25) is 10.1 Å². The average molecular weight is 310 g/mol. The molecular formula is C17H18N4O2. The Kier molecular flexibility index (Phi) is 3.97. The summed E-state index contributed by atoms with van der Waals surface area (Å²) in [5.74, 6) is 1.41. The summed E-state index contributed by atoms with van der Waals surface area (Å²) < 4.78 is 7.63. The number of oxazole rings is 1. The first kappa shape index (κ1) is 15.0. The second-order valence-electron chi connectivity index (χ2n) is 5.27. The number of hydrogen-bond donors (Lipinski definition) is 1. The van der Waals surface area contributed by atoms with E-state index in [1.807, 2.05) is 17.7 Å². The van der Waals surface area contributed by atoms with Crippen molar-refractivity contribution in [2.45, 2.75) is 19.8 Å². The lowest BCUT2D eigenvalue weighted by Crippen LogP contribution is -1.99. The van der Waals surface area contributed by atoms with Gasteiger partial charge < -0.3 is 8.98 Å². The quantitative estimate of drug-likeness (QED) is 0.703. The number of hydrogen-bond acceptors (Lipinski definition) is 5. The first-order chi connectivity index (χ1) is 11.2. The Bertz CT molecular complexity index is 876. The summed E-state index contributed by atoms with van der Waals surface area (Å²) in [6, 6.07) is 5.77. The third-order valence-electron chi connectivity index (χ3n) is 3.66. The Balaban J connectivity index is 1.96. The summed E-state index contributed by atoms with van der Waals surface area (Å²) in [4.78, 5) is 19.8. The van der Waals surface area contributed by atoms with Crippen LogP contribution in [0.15, 0.2) is 29.2 Å². The summed E-state index contributed by atoms with van der Waals surface area (Å²) in [6.45, 7) is 5.84. The predicted octanol–water partition coefficient (Wildman–Crippen LogP) is 3.71. The standard InChI is InChI=1S/C17H18N4O2/c1-4-6-15-12(5-2)19-17(23-15)20-16-18-13-9-11(10-22)7-8-14(13)21(16)3/h5,7-10H,2,4,6H2,1,3H3,(H,18,19,20). The molecule has 1 N–H and O–H groups in total. The van der Waals surface area contributed by atoms with Crippen LogP contribution >= 0.6 is 0 Å². The number of rotatable bonds is 6. The number of fused-ring (bicyclic) bond motifs is 1. The Morgan fingerprint density at radius 2 is 2.22 bits per heavy atom.